The third kappa shape index (κ3) is 19.9. The lowest BCUT2D eigenvalue weighted by Crippen LogP contribution is -2.34. The van der Waals surface area contributed by atoms with E-state index >= 15 is 0 Å². The molecule has 0 radical (unpaired) electrons. The van der Waals surface area contributed by atoms with E-state index in [1.807, 2.05) is 20.8 Å². The minimum atomic E-state index is -0.931. The van der Waals surface area contributed by atoms with Crippen LogP contribution in [0.2, 0.25) is 0 Å². The van der Waals surface area contributed by atoms with E-state index in [1.54, 1.807) is 0 Å². The Morgan fingerprint density at radius 3 is 1.23 bits per heavy atom. The van der Waals surface area contributed by atoms with E-state index in [0.717, 1.165) is 19.3 Å². The van der Waals surface area contributed by atoms with Gasteiger partial charge in [-0.15, -0.1) is 0 Å². The number of carbonyl (C=O) groups excluding carboxylic acids is 2. The molecule has 0 saturated heterocycles. The van der Waals surface area contributed by atoms with Crippen LogP contribution in [0.5, 0.6) is 0 Å². The van der Waals surface area contributed by atoms with E-state index in [2.05, 4.69) is 0 Å². The first-order chi connectivity index (χ1) is 20.8. The molecule has 252 valence electrons. The molecule has 43 heavy (non-hydrogen) atoms. The van der Waals surface area contributed by atoms with Gasteiger partial charge in [-0.05, 0) is 33.1 Å². The lowest BCUT2D eigenvalue weighted by Gasteiger charge is -2.26. The van der Waals surface area contributed by atoms with Crippen molar-refractivity contribution < 1.29 is 62.1 Å². The lowest BCUT2D eigenvalue weighted by atomic mass is 9.79. The number of rotatable bonds is 28. The summed E-state index contributed by atoms with van der Waals surface area (Å²) in [6.07, 6.45) is 3.49. The lowest BCUT2D eigenvalue weighted by molar-refractivity contribution is -0.160. The molecule has 1 fully saturated rings. The van der Waals surface area contributed by atoms with Crippen molar-refractivity contribution in [2.24, 2.45) is 17.3 Å². The maximum Gasteiger partial charge on any atom is 0.311 e. The van der Waals surface area contributed by atoms with Crippen LogP contribution in [0, 0.1) is 17.3 Å². The zero-order valence-corrected chi connectivity index (χ0v) is 26.4. The van der Waals surface area contributed by atoms with Crippen molar-refractivity contribution in [3.05, 3.63) is 0 Å². The number of ether oxygens (including phenoxy) is 9. The Labute approximate surface area is 256 Å². The van der Waals surface area contributed by atoms with Gasteiger partial charge < -0.3 is 47.7 Å². The first kappa shape index (κ1) is 39.2. The fourth-order valence-electron chi connectivity index (χ4n) is 3.97. The van der Waals surface area contributed by atoms with Crippen molar-refractivity contribution in [1.29, 1.82) is 0 Å². The maximum atomic E-state index is 12.2. The summed E-state index contributed by atoms with van der Waals surface area (Å²) in [4.78, 5) is 35.3. The average Bonchev–Trinajstić information content (AvgIpc) is 3.00. The van der Waals surface area contributed by atoms with Crippen LogP contribution in [0.1, 0.15) is 52.9 Å². The standard InChI is InChI=1S/C30H54O13/c1-4-30(2,3)29(34)43-24-22-41-20-18-39-16-14-37-12-10-35-9-11-36-13-15-38-17-19-40-21-23-42-28(33)26-8-6-5-7-25(26)27(31)32/h25-26H,4-24H2,1-3H3,(H,31,32). The molecule has 1 rings (SSSR count). The molecule has 0 aromatic carbocycles. The van der Waals surface area contributed by atoms with Crippen LogP contribution < -0.4 is 0 Å². The molecule has 0 bridgehead atoms. The van der Waals surface area contributed by atoms with Crippen LogP contribution in [-0.2, 0) is 57.0 Å². The number of esters is 2. The number of hydrogen-bond acceptors (Lipinski definition) is 12. The molecule has 0 amide bonds. The second-order valence-electron chi connectivity index (χ2n) is 10.7. The largest absolute Gasteiger partial charge is 0.481 e. The molecule has 2 atom stereocenters. The highest BCUT2D eigenvalue weighted by Crippen LogP contribution is 2.31. The molecule has 2 unspecified atom stereocenters. The Hall–Kier alpha value is -1.87. The number of carbonyl (C=O) groups is 3. The van der Waals surface area contributed by atoms with Gasteiger partial charge in [-0.2, -0.15) is 0 Å². The summed E-state index contributed by atoms with van der Waals surface area (Å²) < 4.78 is 48.3. The Balaban J connectivity index is 1.75. The number of hydrogen-bond donors (Lipinski definition) is 1. The van der Waals surface area contributed by atoms with Crippen molar-refractivity contribution in [3.63, 3.8) is 0 Å². The van der Waals surface area contributed by atoms with Gasteiger partial charge in [0, 0.05) is 0 Å². The topological polar surface area (TPSA) is 155 Å². The van der Waals surface area contributed by atoms with Crippen LogP contribution in [0.15, 0.2) is 0 Å². The molecule has 0 aromatic heterocycles. The Morgan fingerprint density at radius 1 is 0.558 bits per heavy atom. The van der Waals surface area contributed by atoms with Gasteiger partial charge in [-0.1, -0.05) is 19.8 Å². The van der Waals surface area contributed by atoms with Gasteiger partial charge >= 0.3 is 17.9 Å². The monoisotopic (exact) mass is 622 g/mol. The summed E-state index contributed by atoms with van der Waals surface area (Å²) in [5.41, 5.74) is -0.465. The van der Waals surface area contributed by atoms with Crippen LogP contribution in [-0.4, -0.2) is 129 Å². The summed E-state index contributed by atoms with van der Waals surface area (Å²) in [5, 5.41) is 9.26. The molecule has 1 N–H and O–H groups in total. The SMILES string of the molecule is CCC(C)(C)C(=O)OCCOCCOCCOCCOCCOCCOCCOCCOC(=O)C1CCCCC1C(=O)O. The summed E-state index contributed by atoms with van der Waals surface area (Å²) in [6.45, 7) is 11.8. The molecule has 13 nitrogen and oxygen atoms in total. The molecule has 0 spiro atoms. The highest BCUT2D eigenvalue weighted by atomic mass is 16.6. The molecule has 0 aromatic rings. The minimum Gasteiger partial charge on any atom is -0.481 e. The predicted molar refractivity (Wildman–Crippen MR) is 155 cm³/mol. The average molecular weight is 623 g/mol. The maximum absolute atomic E-state index is 12.2. The van der Waals surface area contributed by atoms with E-state index in [0.29, 0.717) is 98.7 Å². The smallest absolute Gasteiger partial charge is 0.311 e. The minimum absolute atomic E-state index is 0.0966. The summed E-state index contributed by atoms with van der Waals surface area (Å²) >= 11 is 0. The molecule has 1 aliphatic carbocycles. The fourth-order valence-corrected chi connectivity index (χ4v) is 3.97. The van der Waals surface area contributed by atoms with Crippen LogP contribution in [0.4, 0.5) is 0 Å². The van der Waals surface area contributed by atoms with E-state index < -0.39 is 29.2 Å². The second kappa shape index (κ2) is 25.5. The van der Waals surface area contributed by atoms with Gasteiger partial charge in [0.2, 0.25) is 0 Å². The van der Waals surface area contributed by atoms with E-state index in [-0.39, 0.29) is 25.8 Å². The Bertz CT molecular complexity index is 731. The molecule has 13 heteroatoms. The second-order valence-corrected chi connectivity index (χ2v) is 10.7. The molecule has 0 heterocycles. The van der Waals surface area contributed by atoms with Gasteiger partial charge in [0.15, 0.2) is 0 Å². The first-order valence-electron chi connectivity index (χ1n) is 15.4. The highest BCUT2D eigenvalue weighted by molar-refractivity contribution is 5.81. The summed E-state index contributed by atoms with van der Waals surface area (Å²) in [7, 11) is 0. The first-order valence-corrected chi connectivity index (χ1v) is 15.4. The van der Waals surface area contributed by atoms with Crippen molar-refractivity contribution >= 4 is 17.9 Å². The van der Waals surface area contributed by atoms with Crippen LogP contribution >= 0.6 is 0 Å². The van der Waals surface area contributed by atoms with Crippen molar-refractivity contribution in [3.8, 4) is 0 Å². The highest BCUT2D eigenvalue weighted by Gasteiger charge is 2.36. The van der Waals surface area contributed by atoms with Gasteiger partial charge in [-0.25, -0.2) is 0 Å². The Morgan fingerprint density at radius 2 is 0.884 bits per heavy atom. The third-order valence-electron chi connectivity index (χ3n) is 6.99. The number of carboxylic acid groups (broad SMARTS) is 1. The molecule has 1 saturated carbocycles. The molecule has 0 aliphatic heterocycles. The summed E-state index contributed by atoms with van der Waals surface area (Å²) in [5.74, 6) is -2.80. The van der Waals surface area contributed by atoms with Gasteiger partial charge in [-0.3, -0.25) is 14.4 Å². The molecular weight excluding hydrogens is 568 g/mol. The predicted octanol–water partition coefficient (Wildman–Crippen LogP) is 2.52. The zero-order chi connectivity index (χ0) is 31.6. The Kier molecular flexibility index (Phi) is 23.2. The third-order valence-corrected chi connectivity index (χ3v) is 6.99. The van der Waals surface area contributed by atoms with E-state index in [9.17, 15) is 19.5 Å². The van der Waals surface area contributed by atoms with Gasteiger partial charge in [0.1, 0.15) is 13.2 Å². The normalized spacial score (nSPS) is 17.1. The van der Waals surface area contributed by atoms with Crippen LogP contribution in [0.25, 0.3) is 0 Å². The quantitative estimate of drug-likeness (QED) is 0.100. The van der Waals surface area contributed by atoms with Gasteiger partial charge in [0.25, 0.3) is 0 Å². The number of aliphatic carboxylic acids is 1. The zero-order valence-electron chi connectivity index (χ0n) is 26.4. The van der Waals surface area contributed by atoms with E-state index in [1.165, 1.54) is 0 Å². The van der Waals surface area contributed by atoms with Crippen molar-refractivity contribution in [1.82, 2.24) is 0 Å². The number of carboxylic acids is 1. The fraction of sp³-hybridized carbons (Fsp3) is 0.900. The van der Waals surface area contributed by atoms with E-state index in [4.69, 9.17) is 42.6 Å². The van der Waals surface area contributed by atoms with Gasteiger partial charge in [0.05, 0.1) is 110 Å². The molecule has 1 aliphatic rings. The van der Waals surface area contributed by atoms with Crippen molar-refractivity contribution in [2.75, 3.05) is 106 Å². The summed E-state index contributed by atoms with van der Waals surface area (Å²) in [6, 6.07) is 0. The molecular formula is C30H54O13. The van der Waals surface area contributed by atoms with Crippen molar-refractivity contribution in [2.45, 2.75) is 52.9 Å². The van der Waals surface area contributed by atoms with Crippen LogP contribution in [0.3, 0.4) is 0 Å².